The molecule has 0 unspecified atom stereocenters. The van der Waals surface area contributed by atoms with Crippen LogP contribution in [0.5, 0.6) is 0 Å². The normalized spacial score (nSPS) is 10.8. The van der Waals surface area contributed by atoms with Gasteiger partial charge in [-0.25, -0.2) is 4.98 Å². The van der Waals surface area contributed by atoms with Crippen molar-refractivity contribution in [1.29, 1.82) is 0 Å². The lowest BCUT2D eigenvalue weighted by Crippen LogP contribution is -2.28. The van der Waals surface area contributed by atoms with Crippen molar-refractivity contribution >= 4 is 40.9 Å². The summed E-state index contributed by atoms with van der Waals surface area (Å²) >= 11 is 11.0. The highest BCUT2D eigenvalue weighted by Gasteiger charge is 2.09. The Bertz CT molecular complexity index is 633. The number of fused-ring (bicyclic) bond motifs is 1. The highest BCUT2D eigenvalue weighted by Crippen LogP contribution is 2.16. The van der Waals surface area contributed by atoms with Crippen LogP contribution in [0.25, 0.3) is 11.2 Å². The number of nitrogens with one attached hydrogen (secondary N) is 2. The molecule has 96 valence electrons. The molecule has 0 aromatic carbocycles. The average Bonchev–Trinajstić information content (AvgIpc) is 2.62. The molecule has 1 amide bonds. The predicted molar refractivity (Wildman–Crippen MR) is 73.2 cm³/mol. The summed E-state index contributed by atoms with van der Waals surface area (Å²) in [5.74, 6) is -0.0781. The Morgan fingerprint density at radius 2 is 2.44 bits per heavy atom. The van der Waals surface area contributed by atoms with E-state index < -0.39 is 0 Å². The van der Waals surface area contributed by atoms with Crippen LogP contribution in [-0.4, -0.2) is 27.0 Å². The summed E-state index contributed by atoms with van der Waals surface area (Å²) in [7, 11) is 0. The smallest absolute Gasteiger partial charge is 0.240 e. The van der Waals surface area contributed by atoms with Crippen molar-refractivity contribution < 1.29 is 4.79 Å². The maximum Gasteiger partial charge on any atom is 0.240 e. The Balaban J connectivity index is 2.30. The maximum absolute atomic E-state index is 11.7. The van der Waals surface area contributed by atoms with Crippen molar-refractivity contribution in [2.45, 2.75) is 19.9 Å². The van der Waals surface area contributed by atoms with Gasteiger partial charge in [-0.15, -0.1) is 0 Å². The van der Waals surface area contributed by atoms with Crippen LogP contribution >= 0.6 is 23.8 Å². The van der Waals surface area contributed by atoms with Gasteiger partial charge in [0.25, 0.3) is 0 Å². The summed E-state index contributed by atoms with van der Waals surface area (Å²) in [5, 5.41) is 3.33. The highest BCUT2D eigenvalue weighted by molar-refractivity contribution is 7.71. The number of rotatable bonds is 4. The Hall–Kier alpha value is -1.40. The first-order chi connectivity index (χ1) is 8.61. The molecule has 0 aliphatic rings. The molecule has 2 heterocycles. The SMILES string of the molecule is CCCNC(=O)Cn1c(=S)[nH]c2cc(Cl)cnc21. The lowest BCUT2D eigenvalue weighted by atomic mass is 10.4. The van der Waals surface area contributed by atoms with Crippen LogP contribution in [0.15, 0.2) is 12.3 Å². The summed E-state index contributed by atoms with van der Waals surface area (Å²) in [5.41, 5.74) is 1.37. The highest BCUT2D eigenvalue weighted by atomic mass is 35.5. The van der Waals surface area contributed by atoms with E-state index in [0.717, 1.165) is 11.9 Å². The van der Waals surface area contributed by atoms with E-state index in [4.69, 9.17) is 23.8 Å². The molecule has 0 fully saturated rings. The second-order valence-electron chi connectivity index (χ2n) is 3.89. The number of hydrogen-bond donors (Lipinski definition) is 2. The van der Waals surface area contributed by atoms with E-state index in [-0.39, 0.29) is 12.5 Å². The molecule has 0 atom stereocenters. The van der Waals surface area contributed by atoms with Gasteiger partial charge >= 0.3 is 0 Å². The Labute approximate surface area is 114 Å². The summed E-state index contributed by atoms with van der Waals surface area (Å²) < 4.78 is 2.12. The monoisotopic (exact) mass is 284 g/mol. The number of aromatic nitrogens is 3. The molecule has 0 saturated heterocycles. The lowest BCUT2D eigenvalue weighted by molar-refractivity contribution is -0.121. The van der Waals surface area contributed by atoms with Gasteiger partial charge in [0.2, 0.25) is 5.91 Å². The average molecular weight is 285 g/mol. The second kappa shape index (κ2) is 5.49. The molecule has 18 heavy (non-hydrogen) atoms. The van der Waals surface area contributed by atoms with Crippen molar-refractivity contribution in [3.63, 3.8) is 0 Å². The van der Waals surface area contributed by atoms with Gasteiger partial charge in [0.15, 0.2) is 10.4 Å². The van der Waals surface area contributed by atoms with Crippen molar-refractivity contribution in [3.8, 4) is 0 Å². The van der Waals surface area contributed by atoms with E-state index in [0.29, 0.717) is 22.0 Å². The zero-order valence-electron chi connectivity index (χ0n) is 9.86. The van der Waals surface area contributed by atoms with Gasteiger partial charge in [-0.3, -0.25) is 9.36 Å². The van der Waals surface area contributed by atoms with Gasteiger partial charge in [0.1, 0.15) is 6.54 Å². The molecule has 2 aromatic rings. The number of H-pyrrole nitrogens is 1. The van der Waals surface area contributed by atoms with E-state index in [9.17, 15) is 4.79 Å². The third kappa shape index (κ3) is 2.70. The zero-order valence-corrected chi connectivity index (χ0v) is 11.4. The van der Waals surface area contributed by atoms with Crippen LogP contribution in [0.4, 0.5) is 0 Å². The first-order valence-corrected chi connectivity index (χ1v) is 6.41. The minimum atomic E-state index is -0.0781. The number of hydrogen-bond acceptors (Lipinski definition) is 3. The van der Waals surface area contributed by atoms with Gasteiger partial charge < -0.3 is 10.3 Å². The summed E-state index contributed by atoms with van der Waals surface area (Å²) in [6, 6.07) is 1.74. The fraction of sp³-hybridized carbons (Fsp3) is 0.364. The molecule has 0 saturated carbocycles. The van der Waals surface area contributed by atoms with Gasteiger partial charge in [0, 0.05) is 12.7 Å². The largest absolute Gasteiger partial charge is 0.355 e. The van der Waals surface area contributed by atoms with Gasteiger partial charge in [-0.1, -0.05) is 18.5 Å². The number of imidazole rings is 1. The fourth-order valence-electron chi connectivity index (χ4n) is 1.63. The van der Waals surface area contributed by atoms with Gasteiger partial charge in [-0.2, -0.15) is 0 Å². The van der Waals surface area contributed by atoms with Crippen molar-refractivity contribution in [2.75, 3.05) is 6.54 Å². The summed E-state index contributed by atoms with van der Waals surface area (Å²) in [6.45, 7) is 2.82. The number of halogens is 1. The number of nitrogens with zero attached hydrogens (tertiary/aromatic N) is 2. The van der Waals surface area contributed by atoms with E-state index >= 15 is 0 Å². The van der Waals surface area contributed by atoms with Gasteiger partial charge in [-0.05, 0) is 24.7 Å². The number of pyridine rings is 1. The standard InChI is InChI=1S/C11H13ClN4OS/c1-2-3-13-9(17)6-16-10-8(15-11(16)18)4-7(12)5-14-10/h4-5H,2-3,6H2,1H3,(H,13,17)(H,15,18). The number of aromatic amines is 1. The van der Waals surface area contributed by atoms with E-state index in [1.54, 1.807) is 10.6 Å². The summed E-state index contributed by atoms with van der Waals surface area (Å²) in [4.78, 5) is 18.9. The van der Waals surface area contributed by atoms with Crippen LogP contribution in [0, 0.1) is 4.77 Å². The first kappa shape index (κ1) is 13.0. The number of carbonyl (C=O) groups is 1. The Kier molecular flexibility index (Phi) is 3.98. The maximum atomic E-state index is 11.7. The third-order valence-corrected chi connectivity index (χ3v) is 2.98. The van der Waals surface area contributed by atoms with E-state index in [2.05, 4.69) is 15.3 Å². The molecule has 2 aromatic heterocycles. The van der Waals surface area contributed by atoms with Crippen molar-refractivity contribution in [2.24, 2.45) is 0 Å². The molecule has 5 nitrogen and oxygen atoms in total. The molecule has 2 N–H and O–H groups in total. The first-order valence-electron chi connectivity index (χ1n) is 5.62. The Morgan fingerprint density at radius 3 is 3.17 bits per heavy atom. The fourth-order valence-corrected chi connectivity index (χ4v) is 2.05. The minimum Gasteiger partial charge on any atom is -0.355 e. The molecule has 0 bridgehead atoms. The minimum absolute atomic E-state index is 0.0781. The number of carbonyl (C=O) groups excluding carboxylic acids is 1. The van der Waals surface area contributed by atoms with Crippen molar-refractivity contribution in [1.82, 2.24) is 19.9 Å². The number of amides is 1. The predicted octanol–water partition coefficient (Wildman–Crippen LogP) is 2.27. The lowest BCUT2D eigenvalue weighted by Gasteiger charge is -2.04. The molecule has 2 rings (SSSR count). The molecule has 0 spiro atoms. The van der Waals surface area contributed by atoms with E-state index in [1.807, 2.05) is 6.92 Å². The summed E-state index contributed by atoms with van der Waals surface area (Å²) in [6.07, 6.45) is 2.44. The third-order valence-electron chi connectivity index (χ3n) is 2.45. The molecule has 7 heteroatoms. The van der Waals surface area contributed by atoms with Crippen LogP contribution in [0.1, 0.15) is 13.3 Å². The topological polar surface area (TPSA) is 62.7 Å². The van der Waals surface area contributed by atoms with Gasteiger partial charge in [0.05, 0.1) is 10.5 Å². The van der Waals surface area contributed by atoms with Crippen LogP contribution in [0.3, 0.4) is 0 Å². The van der Waals surface area contributed by atoms with Crippen molar-refractivity contribution in [3.05, 3.63) is 22.1 Å². The zero-order chi connectivity index (χ0) is 13.1. The van der Waals surface area contributed by atoms with Crippen LogP contribution < -0.4 is 5.32 Å². The molecule has 0 aliphatic carbocycles. The molecular weight excluding hydrogens is 272 g/mol. The second-order valence-corrected chi connectivity index (χ2v) is 4.71. The van der Waals surface area contributed by atoms with Crippen LogP contribution in [-0.2, 0) is 11.3 Å². The molecule has 0 radical (unpaired) electrons. The molecule has 0 aliphatic heterocycles. The van der Waals surface area contributed by atoms with Crippen LogP contribution in [0.2, 0.25) is 5.02 Å². The van der Waals surface area contributed by atoms with E-state index in [1.165, 1.54) is 6.20 Å². The Morgan fingerprint density at radius 1 is 1.67 bits per heavy atom. The molecular formula is C11H13ClN4OS. The quantitative estimate of drug-likeness (QED) is 0.847.